The molecule has 1 aromatic rings. The van der Waals surface area contributed by atoms with E-state index in [-0.39, 0.29) is 24.1 Å². The molecule has 1 rings (SSSR count). The summed E-state index contributed by atoms with van der Waals surface area (Å²) in [4.78, 5) is 11.8. The third kappa shape index (κ3) is 3.55. The Morgan fingerprint density at radius 3 is 2.47 bits per heavy atom. The third-order valence-corrected chi connectivity index (χ3v) is 1.34. The molecule has 0 saturated carbocycles. The first-order chi connectivity index (χ1) is 7.15. The van der Waals surface area contributed by atoms with E-state index in [1.54, 1.807) is 0 Å². The van der Waals surface area contributed by atoms with Crippen molar-refractivity contribution in [1.29, 1.82) is 0 Å². The lowest BCUT2D eigenvalue weighted by Crippen LogP contribution is -2.15. The van der Waals surface area contributed by atoms with Crippen LogP contribution in [0.5, 0.6) is 12.0 Å². The summed E-state index contributed by atoms with van der Waals surface area (Å²) in [7, 11) is 0. The fraction of sp³-hybridized carbons (Fsp3) is 0.625. The molecule has 15 heavy (non-hydrogen) atoms. The highest BCUT2D eigenvalue weighted by Crippen LogP contribution is 2.13. The molecule has 0 aromatic carbocycles. The number of anilines is 1. The van der Waals surface area contributed by atoms with Crippen molar-refractivity contribution in [3.8, 4) is 12.0 Å². The van der Waals surface area contributed by atoms with Crippen LogP contribution in [0.1, 0.15) is 20.8 Å². The Hall–Kier alpha value is -1.63. The second kappa shape index (κ2) is 5.30. The van der Waals surface area contributed by atoms with Crippen LogP contribution >= 0.6 is 0 Å². The minimum absolute atomic E-state index is 0.0208. The zero-order valence-corrected chi connectivity index (χ0v) is 9.02. The van der Waals surface area contributed by atoms with Gasteiger partial charge in [0.2, 0.25) is 5.95 Å². The molecule has 7 nitrogen and oxygen atoms in total. The van der Waals surface area contributed by atoms with Crippen LogP contribution in [0.25, 0.3) is 0 Å². The van der Waals surface area contributed by atoms with E-state index in [0.29, 0.717) is 6.61 Å². The van der Waals surface area contributed by atoms with E-state index in [4.69, 9.17) is 15.3 Å². The minimum atomic E-state index is -0.0208. The summed E-state index contributed by atoms with van der Waals surface area (Å²) >= 11 is 0. The second-order valence-corrected chi connectivity index (χ2v) is 2.97. The number of nitrogens with zero attached hydrogens (tertiary/aromatic N) is 3. The molecule has 1 aromatic heterocycles. The maximum Gasteiger partial charge on any atom is 0.324 e. The van der Waals surface area contributed by atoms with Gasteiger partial charge >= 0.3 is 12.0 Å². The van der Waals surface area contributed by atoms with Crippen LogP contribution in [0.3, 0.4) is 0 Å². The highest BCUT2D eigenvalue weighted by Gasteiger charge is 2.08. The Labute approximate surface area is 88.0 Å². The van der Waals surface area contributed by atoms with Crippen LogP contribution in [-0.4, -0.2) is 27.7 Å². The molecule has 7 heteroatoms. The van der Waals surface area contributed by atoms with Gasteiger partial charge < -0.3 is 9.47 Å². The topological polar surface area (TPSA) is 95.2 Å². The molecule has 0 aliphatic heterocycles. The lowest BCUT2D eigenvalue weighted by molar-refractivity contribution is 0.214. The van der Waals surface area contributed by atoms with Crippen molar-refractivity contribution in [2.45, 2.75) is 26.9 Å². The summed E-state index contributed by atoms with van der Waals surface area (Å²) in [6.07, 6.45) is -0.0208. The Bertz CT molecular complexity index is 318. The van der Waals surface area contributed by atoms with Crippen LogP contribution < -0.4 is 20.7 Å². The monoisotopic (exact) mass is 213 g/mol. The van der Waals surface area contributed by atoms with Gasteiger partial charge in [0.1, 0.15) is 0 Å². The van der Waals surface area contributed by atoms with Crippen molar-refractivity contribution in [3.63, 3.8) is 0 Å². The molecule has 0 aliphatic rings. The maximum atomic E-state index is 5.31. The average molecular weight is 213 g/mol. The number of hydrazine groups is 1. The smallest absolute Gasteiger partial charge is 0.324 e. The molecule has 0 spiro atoms. The van der Waals surface area contributed by atoms with Gasteiger partial charge in [-0.25, -0.2) is 5.84 Å². The molecule has 0 unspecified atom stereocenters. The van der Waals surface area contributed by atoms with E-state index in [2.05, 4.69) is 20.4 Å². The number of aromatic nitrogens is 3. The van der Waals surface area contributed by atoms with Crippen molar-refractivity contribution in [3.05, 3.63) is 0 Å². The first-order valence-corrected chi connectivity index (χ1v) is 4.67. The summed E-state index contributed by atoms with van der Waals surface area (Å²) in [5.41, 5.74) is 2.32. The number of hydrogen-bond donors (Lipinski definition) is 2. The van der Waals surface area contributed by atoms with E-state index < -0.39 is 0 Å². The lowest BCUT2D eigenvalue weighted by Gasteiger charge is -2.09. The molecule has 0 saturated heterocycles. The molecular formula is C8H15N5O2. The highest BCUT2D eigenvalue weighted by molar-refractivity contribution is 5.25. The standard InChI is InChI=1S/C8H15N5O2/c1-4-14-7-10-6(13-9)11-8(12-7)15-5(2)3/h5H,4,9H2,1-3H3,(H,10,11,12,13). The van der Waals surface area contributed by atoms with Crippen LogP contribution in [0, 0.1) is 0 Å². The third-order valence-electron chi connectivity index (χ3n) is 1.34. The van der Waals surface area contributed by atoms with Gasteiger partial charge in [0.05, 0.1) is 12.7 Å². The predicted molar refractivity (Wildman–Crippen MR) is 54.6 cm³/mol. The van der Waals surface area contributed by atoms with E-state index >= 15 is 0 Å². The van der Waals surface area contributed by atoms with Gasteiger partial charge in [0.25, 0.3) is 0 Å². The van der Waals surface area contributed by atoms with Crippen molar-refractivity contribution in [1.82, 2.24) is 15.0 Å². The van der Waals surface area contributed by atoms with Gasteiger partial charge in [0.15, 0.2) is 0 Å². The quantitative estimate of drug-likeness (QED) is 0.538. The van der Waals surface area contributed by atoms with Crippen LogP contribution in [0.4, 0.5) is 5.95 Å². The fourth-order valence-corrected chi connectivity index (χ4v) is 0.860. The Kier molecular flexibility index (Phi) is 4.04. The molecule has 1 heterocycles. The molecule has 0 radical (unpaired) electrons. The summed E-state index contributed by atoms with van der Waals surface area (Å²) in [6, 6.07) is 0.382. The zero-order valence-electron chi connectivity index (χ0n) is 9.02. The predicted octanol–water partition coefficient (Wildman–Crippen LogP) is 0.343. The van der Waals surface area contributed by atoms with E-state index in [9.17, 15) is 0 Å². The van der Waals surface area contributed by atoms with Gasteiger partial charge in [-0.15, -0.1) is 4.98 Å². The van der Waals surface area contributed by atoms with Gasteiger partial charge in [-0.2, -0.15) is 9.97 Å². The molecule has 84 valence electrons. The molecule has 0 fully saturated rings. The molecule has 3 N–H and O–H groups in total. The van der Waals surface area contributed by atoms with Crippen molar-refractivity contribution < 1.29 is 9.47 Å². The SMILES string of the molecule is CCOc1nc(NN)nc(OC(C)C)n1. The molecule has 0 amide bonds. The summed E-state index contributed by atoms with van der Waals surface area (Å²) in [5, 5.41) is 0. The number of hydrogen-bond acceptors (Lipinski definition) is 7. The van der Waals surface area contributed by atoms with Gasteiger partial charge in [-0.1, -0.05) is 0 Å². The van der Waals surface area contributed by atoms with Crippen molar-refractivity contribution >= 4 is 5.95 Å². The van der Waals surface area contributed by atoms with E-state index in [1.807, 2.05) is 20.8 Å². The van der Waals surface area contributed by atoms with E-state index in [1.165, 1.54) is 0 Å². The number of ether oxygens (including phenoxy) is 2. The second-order valence-electron chi connectivity index (χ2n) is 2.97. The average Bonchev–Trinajstić information content (AvgIpc) is 2.16. The fourth-order valence-electron chi connectivity index (χ4n) is 0.860. The zero-order chi connectivity index (χ0) is 11.3. The Morgan fingerprint density at radius 2 is 1.93 bits per heavy atom. The maximum absolute atomic E-state index is 5.31. The Morgan fingerprint density at radius 1 is 1.27 bits per heavy atom. The van der Waals surface area contributed by atoms with Crippen molar-refractivity contribution in [2.75, 3.05) is 12.0 Å². The van der Waals surface area contributed by atoms with Gasteiger partial charge in [-0.3, -0.25) is 5.43 Å². The molecule has 0 aliphatic carbocycles. The minimum Gasteiger partial charge on any atom is -0.464 e. The number of rotatable bonds is 5. The van der Waals surface area contributed by atoms with Gasteiger partial charge in [0, 0.05) is 0 Å². The lowest BCUT2D eigenvalue weighted by atomic mass is 10.5. The van der Waals surface area contributed by atoms with E-state index in [0.717, 1.165) is 0 Å². The van der Waals surface area contributed by atoms with Crippen LogP contribution in [0.2, 0.25) is 0 Å². The number of nitrogen functional groups attached to an aromatic ring is 1. The molecule has 0 bridgehead atoms. The normalized spacial score (nSPS) is 10.2. The molecular weight excluding hydrogens is 198 g/mol. The first kappa shape index (κ1) is 11.4. The van der Waals surface area contributed by atoms with Gasteiger partial charge in [-0.05, 0) is 20.8 Å². The highest BCUT2D eigenvalue weighted by atomic mass is 16.5. The summed E-state index contributed by atoms with van der Waals surface area (Å²) in [5.74, 6) is 5.41. The molecule has 0 atom stereocenters. The van der Waals surface area contributed by atoms with Crippen molar-refractivity contribution in [2.24, 2.45) is 5.84 Å². The largest absolute Gasteiger partial charge is 0.464 e. The van der Waals surface area contributed by atoms with Crippen LogP contribution in [0.15, 0.2) is 0 Å². The summed E-state index contributed by atoms with van der Waals surface area (Å²) < 4.78 is 10.4. The Balaban J connectivity index is 2.89. The number of nitrogens with two attached hydrogens (primary N) is 1. The summed E-state index contributed by atoms with van der Waals surface area (Å²) in [6.45, 7) is 6.05. The van der Waals surface area contributed by atoms with Crippen LogP contribution in [-0.2, 0) is 0 Å². The first-order valence-electron chi connectivity index (χ1n) is 4.67. The number of nitrogens with one attached hydrogen (secondary N) is 1.